The van der Waals surface area contributed by atoms with E-state index in [1.54, 1.807) is 0 Å². The van der Waals surface area contributed by atoms with E-state index >= 15 is 0 Å². The smallest absolute Gasteiger partial charge is 0.306 e. The van der Waals surface area contributed by atoms with Crippen molar-refractivity contribution < 1.29 is 24.5 Å². The Morgan fingerprint density at radius 3 is 2.56 bits per heavy atom. The first-order valence-corrected chi connectivity index (χ1v) is 5.24. The standard InChI is InChI=1S/C10H10BrFO4/c11-5-2-1-3-6(12)9(5)10(16)7(13)4-8(14)15/h1-3,7,10,13,16H,4H2,(H,14,15). The van der Waals surface area contributed by atoms with Crippen molar-refractivity contribution >= 4 is 21.9 Å². The van der Waals surface area contributed by atoms with Gasteiger partial charge in [0.15, 0.2) is 0 Å². The van der Waals surface area contributed by atoms with Gasteiger partial charge in [-0.3, -0.25) is 4.79 Å². The Labute approximate surface area is 99.5 Å². The number of halogens is 2. The molecule has 0 aliphatic rings. The molecule has 3 N–H and O–H groups in total. The molecular weight excluding hydrogens is 283 g/mol. The second kappa shape index (κ2) is 5.38. The SMILES string of the molecule is O=C(O)CC(O)C(O)c1c(F)cccc1Br. The van der Waals surface area contributed by atoms with E-state index in [0.717, 1.165) is 6.07 Å². The molecule has 1 rings (SSSR count). The van der Waals surface area contributed by atoms with Crippen LogP contribution in [0.1, 0.15) is 18.1 Å². The van der Waals surface area contributed by atoms with E-state index in [1.807, 2.05) is 0 Å². The molecule has 0 aliphatic heterocycles. The van der Waals surface area contributed by atoms with Gasteiger partial charge in [-0.15, -0.1) is 0 Å². The van der Waals surface area contributed by atoms with Gasteiger partial charge in [0, 0.05) is 10.0 Å². The van der Waals surface area contributed by atoms with Crippen LogP contribution in [0.15, 0.2) is 22.7 Å². The summed E-state index contributed by atoms with van der Waals surface area (Å²) in [5, 5.41) is 27.4. The Morgan fingerprint density at radius 1 is 1.44 bits per heavy atom. The van der Waals surface area contributed by atoms with Gasteiger partial charge < -0.3 is 15.3 Å². The zero-order valence-electron chi connectivity index (χ0n) is 8.10. The fourth-order valence-electron chi connectivity index (χ4n) is 1.28. The van der Waals surface area contributed by atoms with Gasteiger partial charge in [-0.2, -0.15) is 0 Å². The number of hydrogen-bond acceptors (Lipinski definition) is 3. The lowest BCUT2D eigenvalue weighted by atomic mass is 10.0. The zero-order chi connectivity index (χ0) is 12.3. The number of carboxylic acids is 1. The minimum Gasteiger partial charge on any atom is -0.481 e. The molecule has 0 saturated carbocycles. The average Bonchev–Trinajstić information content (AvgIpc) is 2.16. The number of rotatable bonds is 4. The van der Waals surface area contributed by atoms with Crippen molar-refractivity contribution in [3.8, 4) is 0 Å². The topological polar surface area (TPSA) is 77.8 Å². The van der Waals surface area contributed by atoms with Crippen LogP contribution in [0.2, 0.25) is 0 Å². The van der Waals surface area contributed by atoms with Crippen LogP contribution in [-0.2, 0) is 4.79 Å². The summed E-state index contributed by atoms with van der Waals surface area (Å²) in [4.78, 5) is 10.3. The quantitative estimate of drug-likeness (QED) is 0.785. The van der Waals surface area contributed by atoms with E-state index in [9.17, 15) is 19.4 Å². The summed E-state index contributed by atoms with van der Waals surface area (Å²) >= 11 is 3.02. The van der Waals surface area contributed by atoms with Crippen LogP contribution in [0.4, 0.5) is 4.39 Å². The van der Waals surface area contributed by atoms with Crippen molar-refractivity contribution in [3.05, 3.63) is 34.1 Å². The molecule has 0 aliphatic carbocycles. The van der Waals surface area contributed by atoms with Gasteiger partial charge in [0.05, 0.1) is 12.5 Å². The van der Waals surface area contributed by atoms with Crippen molar-refractivity contribution in [2.24, 2.45) is 0 Å². The molecule has 1 aromatic rings. The molecule has 0 amide bonds. The largest absolute Gasteiger partial charge is 0.481 e. The summed E-state index contributed by atoms with van der Waals surface area (Å²) in [6.07, 6.45) is -3.78. The molecule has 0 bridgehead atoms. The first-order chi connectivity index (χ1) is 7.43. The van der Waals surface area contributed by atoms with Gasteiger partial charge in [0.2, 0.25) is 0 Å². The van der Waals surface area contributed by atoms with Crippen LogP contribution < -0.4 is 0 Å². The lowest BCUT2D eigenvalue weighted by Crippen LogP contribution is -2.22. The Hall–Kier alpha value is -0.980. The Morgan fingerprint density at radius 2 is 2.06 bits per heavy atom. The maximum Gasteiger partial charge on any atom is 0.306 e. The van der Waals surface area contributed by atoms with E-state index < -0.39 is 30.4 Å². The summed E-state index contributed by atoms with van der Waals surface area (Å²) in [5.74, 6) is -1.97. The van der Waals surface area contributed by atoms with Crippen LogP contribution in [0.3, 0.4) is 0 Å². The second-order valence-corrected chi connectivity index (χ2v) is 4.10. The van der Waals surface area contributed by atoms with Crippen molar-refractivity contribution in [3.63, 3.8) is 0 Å². The molecule has 4 nitrogen and oxygen atoms in total. The lowest BCUT2D eigenvalue weighted by molar-refractivity contribution is -0.141. The predicted octanol–water partition coefficient (Wildman–Crippen LogP) is 1.46. The maximum atomic E-state index is 13.4. The number of benzene rings is 1. The van der Waals surface area contributed by atoms with Crippen molar-refractivity contribution in [2.45, 2.75) is 18.6 Å². The molecule has 0 spiro atoms. The third kappa shape index (κ3) is 3.01. The molecule has 0 heterocycles. The Kier molecular flexibility index (Phi) is 4.40. The molecule has 2 atom stereocenters. The molecule has 0 aromatic heterocycles. The van der Waals surface area contributed by atoms with Crippen molar-refractivity contribution in [1.82, 2.24) is 0 Å². The minimum atomic E-state index is -1.58. The van der Waals surface area contributed by atoms with Gasteiger partial charge in [-0.25, -0.2) is 4.39 Å². The van der Waals surface area contributed by atoms with Gasteiger partial charge in [-0.05, 0) is 12.1 Å². The average molecular weight is 293 g/mol. The highest BCUT2D eigenvalue weighted by atomic mass is 79.9. The van der Waals surface area contributed by atoms with Crippen LogP contribution in [0, 0.1) is 5.82 Å². The first kappa shape index (κ1) is 13.1. The van der Waals surface area contributed by atoms with E-state index in [4.69, 9.17) is 5.11 Å². The third-order valence-corrected chi connectivity index (χ3v) is 2.74. The monoisotopic (exact) mass is 292 g/mol. The predicted molar refractivity (Wildman–Crippen MR) is 57.3 cm³/mol. The Balaban J connectivity index is 2.95. The molecular formula is C10H10BrFO4. The minimum absolute atomic E-state index is 0.142. The van der Waals surface area contributed by atoms with E-state index in [-0.39, 0.29) is 10.0 Å². The molecule has 0 radical (unpaired) electrons. The fraction of sp³-hybridized carbons (Fsp3) is 0.300. The van der Waals surface area contributed by atoms with Gasteiger partial charge in [0.1, 0.15) is 11.9 Å². The third-order valence-electron chi connectivity index (χ3n) is 2.04. The van der Waals surface area contributed by atoms with Crippen molar-refractivity contribution in [1.29, 1.82) is 0 Å². The first-order valence-electron chi connectivity index (χ1n) is 4.45. The maximum absolute atomic E-state index is 13.4. The highest BCUT2D eigenvalue weighted by Gasteiger charge is 2.25. The Bertz CT molecular complexity index is 376. The normalized spacial score (nSPS) is 14.5. The summed E-state index contributed by atoms with van der Waals surface area (Å²) in [7, 11) is 0. The van der Waals surface area contributed by atoms with Crippen molar-refractivity contribution in [2.75, 3.05) is 0 Å². The lowest BCUT2D eigenvalue weighted by Gasteiger charge is -2.18. The molecule has 0 fully saturated rings. The molecule has 6 heteroatoms. The number of carboxylic acid groups (broad SMARTS) is 1. The molecule has 16 heavy (non-hydrogen) atoms. The number of carbonyl (C=O) groups is 1. The zero-order valence-corrected chi connectivity index (χ0v) is 9.69. The highest BCUT2D eigenvalue weighted by Crippen LogP contribution is 2.29. The van der Waals surface area contributed by atoms with E-state index in [0.29, 0.717) is 0 Å². The van der Waals surface area contributed by atoms with Gasteiger partial charge >= 0.3 is 5.97 Å². The molecule has 1 aromatic carbocycles. The van der Waals surface area contributed by atoms with Gasteiger partial charge in [0.25, 0.3) is 0 Å². The summed E-state index contributed by atoms with van der Waals surface area (Å²) in [6.45, 7) is 0. The number of aliphatic hydroxyl groups is 2. The van der Waals surface area contributed by atoms with Crippen LogP contribution >= 0.6 is 15.9 Å². The number of aliphatic carboxylic acids is 1. The van der Waals surface area contributed by atoms with Crippen LogP contribution in [0.5, 0.6) is 0 Å². The fourth-order valence-corrected chi connectivity index (χ4v) is 1.85. The highest BCUT2D eigenvalue weighted by molar-refractivity contribution is 9.10. The van der Waals surface area contributed by atoms with Crippen LogP contribution in [0.25, 0.3) is 0 Å². The van der Waals surface area contributed by atoms with E-state index in [1.165, 1.54) is 12.1 Å². The molecule has 88 valence electrons. The summed E-state index contributed by atoms with van der Waals surface area (Å²) in [6, 6.07) is 4.05. The number of aliphatic hydroxyl groups excluding tert-OH is 2. The summed E-state index contributed by atoms with van der Waals surface area (Å²) in [5.41, 5.74) is -0.142. The summed E-state index contributed by atoms with van der Waals surface area (Å²) < 4.78 is 13.6. The van der Waals surface area contributed by atoms with Gasteiger partial charge in [-0.1, -0.05) is 22.0 Å². The molecule has 2 unspecified atom stereocenters. The van der Waals surface area contributed by atoms with E-state index in [2.05, 4.69) is 15.9 Å². The second-order valence-electron chi connectivity index (χ2n) is 3.25. The van der Waals surface area contributed by atoms with Crippen LogP contribution in [-0.4, -0.2) is 27.4 Å². The number of hydrogen-bond donors (Lipinski definition) is 3. The molecule has 0 saturated heterocycles.